The summed E-state index contributed by atoms with van der Waals surface area (Å²) in [5.41, 5.74) is 1.46. The highest BCUT2D eigenvalue weighted by Gasteiger charge is 2.05. The quantitative estimate of drug-likeness (QED) is 0.856. The number of pyridine rings is 1. The first kappa shape index (κ1) is 13.0. The first-order valence-corrected chi connectivity index (χ1v) is 5.70. The van der Waals surface area contributed by atoms with Crippen LogP contribution >= 0.6 is 0 Å². The van der Waals surface area contributed by atoms with E-state index in [2.05, 4.69) is 4.98 Å². The van der Waals surface area contributed by atoms with E-state index in [1.54, 1.807) is 18.2 Å². The van der Waals surface area contributed by atoms with Crippen molar-refractivity contribution in [3.8, 4) is 5.75 Å². The summed E-state index contributed by atoms with van der Waals surface area (Å²) in [7, 11) is 0. The second-order valence-corrected chi connectivity index (χ2v) is 3.90. The zero-order valence-corrected chi connectivity index (χ0v) is 10.1. The van der Waals surface area contributed by atoms with Crippen molar-refractivity contribution in [1.29, 1.82) is 0 Å². The summed E-state index contributed by atoms with van der Waals surface area (Å²) in [6, 6.07) is 10.2. The molecule has 19 heavy (non-hydrogen) atoms. The highest BCUT2D eigenvalue weighted by atomic mass is 16.5. The highest BCUT2D eigenvalue weighted by molar-refractivity contribution is 5.87. The molecule has 1 heterocycles. The molecule has 0 saturated heterocycles. The third-order valence-corrected chi connectivity index (χ3v) is 2.59. The number of hydrogen-bond donors (Lipinski definition) is 2. The molecule has 5 heteroatoms. The Morgan fingerprint density at radius 3 is 2.63 bits per heavy atom. The number of aliphatic hydroxyl groups is 1. The SMILES string of the molecule is O=C(O)c1ccc(COc2ccccc2CO)nc1. The number of aliphatic hydroxyl groups excluding tert-OH is 1. The molecular formula is C14H13NO4. The summed E-state index contributed by atoms with van der Waals surface area (Å²) >= 11 is 0. The Labute approximate surface area is 110 Å². The van der Waals surface area contributed by atoms with E-state index in [0.717, 1.165) is 0 Å². The molecule has 0 bridgehead atoms. The van der Waals surface area contributed by atoms with Gasteiger partial charge in [0.25, 0.3) is 0 Å². The van der Waals surface area contributed by atoms with E-state index in [1.807, 2.05) is 12.1 Å². The van der Waals surface area contributed by atoms with E-state index in [0.29, 0.717) is 17.0 Å². The van der Waals surface area contributed by atoms with Gasteiger partial charge in [0.1, 0.15) is 12.4 Å². The van der Waals surface area contributed by atoms with Crippen LogP contribution < -0.4 is 4.74 Å². The highest BCUT2D eigenvalue weighted by Crippen LogP contribution is 2.18. The van der Waals surface area contributed by atoms with Crippen LogP contribution in [0.4, 0.5) is 0 Å². The number of aromatic nitrogens is 1. The third-order valence-electron chi connectivity index (χ3n) is 2.59. The maximum Gasteiger partial charge on any atom is 0.337 e. The summed E-state index contributed by atoms with van der Waals surface area (Å²) in [5.74, 6) is -0.417. The molecule has 2 rings (SSSR count). The van der Waals surface area contributed by atoms with Crippen LogP contribution in [0.5, 0.6) is 5.75 Å². The molecule has 0 fully saturated rings. The lowest BCUT2D eigenvalue weighted by Gasteiger charge is -2.09. The van der Waals surface area contributed by atoms with Gasteiger partial charge < -0.3 is 14.9 Å². The number of carboxylic acid groups (broad SMARTS) is 1. The zero-order valence-electron chi connectivity index (χ0n) is 10.1. The fraction of sp³-hybridized carbons (Fsp3) is 0.143. The minimum Gasteiger partial charge on any atom is -0.487 e. The number of ether oxygens (including phenoxy) is 1. The molecule has 1 aromatic carbocycles. The van der Waals surface area contributed by atoms with E-state index < -0.39 is 5.97 Å². The van der Waals surface area contributed by atoms with Gasteiger partial charge in [-0.25, -0.2) is 4.79 Å². The van der Waals surface area contributed by atoms with Crippen LogP contribution in [0.2, 0.25) is 0 Å². The van der Waals surface area contributed by atoms with E-state index in [4.69, 9.17) is 14.9 Å². The van der Waals surface area contributed by atoms with E-state index >= 15 is 0 Å². The van der Waals surface area contributed by atoms with Crippen molar-refractivity contribution in [2.45, 2.75) is 13.2 Å². The smallest absolute Gasteiger partial charge is 0.337 e. The van der Waals surface area contributed by atoms with Crippen molar-refractivity contribution in [1.82, 2.24) is 4.98 Å². The third kappa shape index (κ3) is 3.29. The monoisotopic (exact) mass is 259 g/mol. The summed E-state index contributed by atoms with van der Waals surface area (Å²) in [4.78, 5) is 14.7. The summed E-state index contributed by atoms with van der Waals surface area (Å²) in [6.07, 6.45) is 1.29. The molecule has 0 atom stereocenters. The predicted octanol–water partition coefficient (Wildman–Crippen LogP) is 1.85. The molecule has 0 saturated carbocycles. The molecule has 0 spiro atoms. The topological polar surface area (TPSA) is 79.7 Å². The first-order valence-electron chi connectivity index (χ1n) is 5.70. The minimum absolute atomic E-state index is 0.0957. The number of rotatable bonds is 5. The molecule has 1 aromatic heterocycles. The second-order valence-electron chi connectivity index (χ2n) is 3.90. The van der Waals surface area contributed by atoms with Crippen LogP contribution in [0.15, 0.2) is 42.6 Å². The minimum atomic E-state index is -1.01. The average molecular weight is 259 g/mol. The van der Waals surface area contributed by atoms with Crippen molar-refractivity contribution < 1.29 is 19.7 Å². The number of carboxylic acids is 1. The first-order chi connectivity index (χ1) is 9.20. The maximum absolute atomic E-state index is 10.7. The van der Waals surface area contributed by atoms with Gasteiger partial charge in [-0.05, 0) is 18.2 Å². The second kappa shape index (κ2) is 5.97. The van der Waals surface area contributed by atoms with Crippen molar-refractivity contribution in [3.05, 3.63) is 59.4 Å². The van der Waals surface area contributed by atoms with Crippen molar-refractivity contribution in [3.63, 3.8) is 0 Å². The van der Waals surface area contributed by atoms with Crippen molar-refractivity contribution >= 4 is 5.97 Å². The molecule has 0 amide bonds. The zero-order chi connectivity index (χ0) is 13.7. The predicted molar refractivity (Wildman–Crippen MR) is 67.9 cm³/mol. The number of carbonyl (C=O) groups is 1. The Bertz CT molecular complexity index is 566. The van der Waals surface area contributed by atoms with Crippen molar-refractivity contribution in [2.24, 2.45) is 0 Å². The van der Waals surface area contributed by atoms with Gasteiger partial charge in [-0.15, -0.1) is 0 Å². The van der Waals surface area contributed by atoms with Crippen LogP contribution in [0.1, 0.15) is 21.6 Å². The van der Waals surface area contributed by atoms with Crippen LogP contribution in [-0.2, 0) is 13.2 Å². The molecule has 0 unspecified atom stereocenters. The molecule has 0 aliphatic rings. The normalized spacial score (nSPS) is 10.2. The van der Waals surface area contributed by atoms with E-state index in [9.17, 15) is 4.79 Å². The van der Waals surface area contributed by atoms with Crippen molar-refractivity contribution in [2.75, 3.05) is 0 Å². The molecular weight excluding hydrogens is 246 g/mol. The summed E-state index contributed by atoms with van der Waals surface area (Å²) in [6.45, 7) is 0.123. The fourth-order valence-electron chi connectivity index (χ4n) is 1.56. The molecule has 2 aromatic rings. The molecule has 0 aliphatic carbocycles. The van der Waals surface area contributed by atoms with Gasteiger partial charge in [0.15, 0.2) is 0 Å². The summed E-state index contributed by atoms with van der Waals surface area (Å²) < 4.78 is 5.54. The molecule has 0 radical (unpaired) electrons. The number of hydrogen-bond acceptors (Lipinski definition) is 4. The Hall–Kier alpha value is -2.40. The van der Waals surface area contributed by atoms with Crippen LogP contribution in [0, 0.1) is 0 Å². The Kier molecular flexibility index (Phi) is 4.10. The fourth-order valence-corrected chi connectivity index (χ4v) is 1.56. The lowest BCUT2D eigenvalue weighted by Crippen LogP contribution is -2.03. The van der Waals surface area contributed by atoms with E-state index in [-0.39, 0.29) is 18.8 Å². The Morgan fingerprint density at radius 2 is 2.00 bits per heavy atom. The number of aromatic carboxylic acids is 1. The molecule has 5 nitrogen and oxygen atoms in total. The van der Waals surface area contributed by atoms with Crippen LogP contribution in [-0.4, -0.2) is 21.2 Å². The average Bonchev–Trinajstić information content (AvgIpc) is 2.45. The largest absolute Gasteiger partial charge is 0.487 e. The summed E-state index contributed by atoms with van der Waals surface area (Å²) in [5, 5.41) is 17.9. The number of nitrogens with zero attached hydrogens (tertiary/aromatic N) is 1. The maximum atomic E-state index is 10.7. The van der Waals surface area contributed by atoms with Gasteiger partial charge in [-0.3, -0.25) is 4.98 Å². The van der Waals surface area contributed by atoms with Gasteiger partial charge in [0, 0.05) is 11.8 Å². The van der Waals surface area contributed by atoms with Crippen LogP contribution in [0.25, 0.3) is 0 Å². The Morgan fingerprint density at radius 1 is 1.21 bits per heavy atom. The van der Waals surface area contributed by atoms with Gasteiger partial charge in [0.05, 0.1) is 17.9 Å². The molecule has 98 valence electrons. The van der Waals surface area contributed by atoms with Gasteiger partial charge in [0.2, 0.25) is 0 Å². The van der Waals surface area contributed by atoms with Gasteiger partial charge >= 0.3 is 5.97 Å². The number of para-hydroxylation sites is 1. The Balaban J connectivity index is 2.04. The van der Waals surface area contributed by atoms with Gasteiger partial charge in [-0.2, -0.15) is 0 Å². The standard InChI is InChI=1S/C14H13NO4/c16-8-11-3-1-2-4-13(11)19-9-12-6-5-10(7-15-12)14(17)18/h1-7,16H,8-9H2,(H,17,18). The van der Waals surface area contributed by atoms with Crippen LogP contribution in [0.3, 0.4) is 0 Å². The lowest BCUT2D eigenvalue weighted by atomic mass is 10.2. The van der Waals surface area contributed by atoms with Gasteiger partial charge in [-0.1, -0.05) is 18.2 Å². The molecule has 2 N–H and O–H groups in total. The van der Waals surface area contributed by atoms with E-state index in [1.165, 1.54) is 12.3 Å². The lowest BCUT2D eigenvalue weighted by molar-refractivity contribution is 0.0696. The number of benzene rings is 1. The molecule has 0 aliphatic heterocycles.